The Morgan fingerprint density at radius 2 is 1.64 bits per heavy atom. The number of likely N-dealkylation sites (tertiary alicyclic amines) is 1. The van der Waals surface area contributed by atoms with Gasteiger partial charge in [0.15, 0.2) is 0 Å². The van der Waals surface area contributed by atoms with Gasteiger partial charge in [-0.3, -0.25) is 4.90 Å². The maximum Gasteiger partial charge on any atom is 0.318 e. The van der Waals surface area contributed by atoms with Crippen LogP contribution in [-0.4, -0.2) is 72.2 Å². The molecule has 4 heterocycles. The fourth-order valence-corrected chi connectivity index (χ4v) is 6.15. The zero-order valence-corrected chi connectivity index (χ0v) is 24.5. The molecule has 2 saturated heterocycles. The second-order valence-corrected chi connectivity index (χ2v) is 10.6. The molecule has 1 saturated carbocycles. The van der Waals surface area contributed by atoms with Crippen molar-refractivity contribution < 1.29 is 4.74 Å². The number of methoxy groups -OCH3 is 1. The van der Waals surface area contributed by atoms with E-state index in [-0.39, 0.29) is 0 Å². The van der Waals surface area contributed by atoms with Gasteiger partial charge < -0.3 is 19.9 Å². The molecule has 8 nitrogen and oxygen atoms in total. The van der Waals surface area contributed by atoms with E-state index in [2.05, 4.69) is 49.3 Å². The second kappa shape index (κ2) is 14.6. The Morgan fingerprint density at radius 1 is 0.949 bits per heavy atom. The third kappa shape index (κ3) is 7.27. The number of nitrogens with one attached hydrogen (secondary N) is 1. The van der Waals surface area contributed by atoms with Crippen LogP contribution in [0.25, 0.3) is 0 Å². The number of nitriles is 1. The van der Waals surface area contributed by atoms with Crippen molar-refractivity contribution in [1.29, 1.82) is 5.26 Å². The van der Waals surface area contributed by atoms with Crippen molar-refractivity contribution in [2.24, 2.45) is 0 Å². The van der Waals surface area contributed by atoms with E-state index in [0.29, 0.717) is 12.1 Å². The first-order chi connectivity index (χ1) is 19.2. The van der Waals surface area contributed by atoms with Crippen LogP contribution in [0.1, 0.15) is 81.3 Å². The van der Waals surface area contributed by atoms with Crippen molar-refractivity contribution in [2.75, 3.05) is 51.3 Å². The molecule has 1 N–H and O–H groups in total. The minimum absolute atomic E-state index is 0.488. The van der Waals surface area contributed by atoms with Crippen molar-refractivity contribution >= 4 is 5.82 Å². The molecule has 0 bridgehead atoms. The predicted molar refractivity (Wildman–Crippen MR) is 157 cm³/mol. The fourth-order valence-electron chi connectivity index (χ4n) is 6.15. The molecule has 2 aromatic rings. The molecule has 1 atom stereocenters. The average Bonchev–Trinajstić information content (AvgIpc) is 3.35. The smallest absolute Gasteiger partial charge is 0.318 e. The van der Waals surface area contributed by atoms with Crippen LogP contribution in [0.4, 0.5) is 5.82 Å². The molecule has 212 valence electrons. The molecule has 2 aliphatic carbocycles. The van der Waals surface area contributed by atoms with Crippen LogP contribution in [0.5, 0.6) is 6.01 Å². The lowest BCUT2D eigenvalue weighted by Crippen LogP contribution is -2.44. The third-order valence-corrected chi connectivity index (χ3v) is 8.11. The zero-order valence-electron chi connectivity index (χ0n) is 24.5. The summed E-state index contributed by atoms with van der Waals surface area (Å²) in [6.07, 6.45) is 8.25. The highest BCUT2D eigenvalue weighted by Crippen LogP contribution is 2.41. The number of hydrogen-bond acceptors (Lipinski definition) is 8. The van der Waals surface area contributed by atoms with E-state index in [0.717, 1.165) is 56.8 Å². The monoisotopic (exact) mass is 533 g/mol. The van der Waals surface area contributed by atoms with Gasteiger partial charge in [0, 0.05) is 63.8 Å². The SMILES string of the molecule is C1CCN(C2CC2)C1.CC.CC#N.COc1nc2c(c(N3CCNCC3)n1)CN(C1CCc3ccccc31)C2. The highest BCUT2D eigenvalue weighted by atomic mass is 16.5. The maximum absolute atomic E-state index is 7.32. The normalized spacial score (nSPS) is 21.7. The van der Waals surface area contributed by atoms with Crippen LogP contribution in [-0.2, 0) is 19.5 Å². The van der Waals surface area contributed by atoms with Crippen molar-refractivity contribution in [3.63, 3.8) is 0 Å². The van der Waals surface area contributed by atoms with Crippen LogP contribution in [0.2, 0.25) is 0 Å². The molecular weight excluding hydrogens is 486 g/mol. The van der Waals surface area contributed by atoms with Crippen LogP contribution >= 0.6 is 0 Å². The Bertz CT molecular complexity index is 1080. The van der Waals surface area contributed by atoms with E-state index in [1.54, 1.807) is 13.2 Å². The summed E-state index contributed by atoms with van der Waals surface area (Å²) in [5.41, 5.74) is 5.41. The van der Waals surface area contributed by atoms with Crippen molar-refractivity contribution in [2.45, 2.75) is 84.5 Å². The van der Waals surface area contributed by atoms with E-state index in [1.165, 1.54) is 75.2 Å². The van der Waals surface area contributed by atoms with E-state index in [4.69, 9.17) is 15.0 Å². The van der Waals surface area contributed by atoms with Gasteiger partial charge in [0.25, 0.3) is 0 Å². The highest BCUT2D eigenvalue weighted by Gasteiger charge is 2.35. The van der Waals surface area contributed by atoms with Gasteiger partial charge in [-0.05, 0) is 62.7 Å². The number of ether oxygens (including phenoxy) is 1. The lowest BCUT2D eigenvalue weighted by molar-refractivity contribution is 0.198. The number of fused-ring (bicyclic) bond motifs is 2. The Balaban J connectivity index is 0.000000225. The molecule has 0 amide bonds. The number of aryl methyl sites for hydroxylation is 1. The van der Waals surface area contributed by atoms with Gasteiger partial charge in [-0.2, -0.15) is 15.2 Å². The number of benzene rings is 1. The molecule has 7 rings (SSSR count). The summed E-state index contributed by atoms with van der Waals surface area (Å²) in [7, 11) is 1.66. The van der Waals surface area contributed by atoms with Crippen molar-refractivity contribution in [3.05, 3.63) is 46.6 Å². The van der Waals surface area contributed by atoms with Gasteiger partial charge in [0.2, 0.25) is 0 Å². The fraction of sp³-hybridized carbons (Fsp3) is 0.645. The van der Waals surface area contributed by atoms with Gasteiger partial charge in [-0.15, -0.1) is 0 Å². The zero-order chi connectivity index (χ0) is 27.6. The first kappa shape index (κ1) is 29.3. The van der Waals surface area contributed by atoms with E-state index >= 15 is 0 Å². The minimum Gasteiger partial charge on any atom is -0.467 e. The molecule has 3 fully saturated rings. The van der Waals surface area contributed by atoms with Gasteiger partial charge in [-0.1, -0.05) is 38.1 Å². The van der Waals surface area contributed by atoms with Crippen LogP contribution in [0.3, 0.4) is 0 Å². The topological polar surface area (TPSA) is 80.5 Å². The van der Waals surface area contributed by atoms with Gasteiger partial charge in [0.05, 0.1) is 18.9 Å². The quantitative estimate of drug-likeness (QED) is 0.606. The van der Waals surface area contributed by atoms with E-state index < -0.39 is 0 Å². The first-order valence-corrected chi connectivity index (χ1v) is 15.0. The molecule has 1 aromatic heterocycles. The standard InChI is InChI=1S/C20H25N5O.C7H13N.C2H3N.C2H6/c1-26-20-22-17-13-25(18-7-6-14-4-2-3-5-15(14)18)12-16(17)19(23-20)24-10-8-21-9-11-24;1-2-6-8(5-1)7-3-4-7;1-2-3;1-2/h2-5,18,21H,6-13H2,1H3;7H,1-6H2;1H3;1-2H3. The highest BCUT2D eigenvalue weighted by molar-refractivity contribution is 5.52. The second-order valence-electron chi connectivity index (χ2n) is 10.6. The minimum atomic E-state index is 0.488. The molecule has 1 aromatic carbocycles. The summed E-state index contributed by atoms with van der Waals surface area (Å²) in [6, 6.07) is 12.6. The Labute approximate surface area is 235 Å². The number of anilines is 1. The largest absolute Gasteiger partial charge is 0.467 e. The van der Waals surface area contributed by atoms with Crippen molar-refractivity contribution in [3.8, 4) is 12.1 Å². The Kier molecular flexibility index (Phi) is 11.0. The summed E-state index contributed by atoms with van der Waals surface area (Å²) in [6.45, 7) is 14.0. The summed E-state index contributed by atoms with van der Waals surface area (Å²) in [5, 5.41) is 10.7. The predicted octanol–water partition coefficient (Wildman–Crippen LogP) is 4.70. The lowest BCUT2D eigenvalue weighted by Gasteiger charge is -2.30. The number of hydrogen-bond donors (Lipinski definition) is 1. The van der Waals surface area contributed by atoms with Crippen LogP contribution < -0.4 is 15.0 Å². The molecule has 1 unspecified atom stereocenters. The number of piperazine rings is 1. The third-order valence-electron chi connectivity index (χ3n) is 8.11. The van der Waals surface area contributed by atoms with E-state index in [9.17, 15) is 0 Å². The lowest BCUT2D eigenvalue weighted by atomic mass is 10.1. The number of nitrogens with zero attached hydrogens (tertiary/aromatic N) is 6. The summed E-state index contributed by atoms with van der Waals surface area (Å²) < 4.78 is 5.40. The Hall–Kier alpha value is -2.73. The van der Waals surface area contributed by atoms with Crippen molar-refractivity contribution in [1.82, 2.24) is 25.1 Å². The molecule has 8 heteroatoms. The van der Waals surface area contributed by atoms with Crippen LogP contribution in [0.15, 0.2) is 24.3 Å². The molecule has 5 aliphatic rings. The molecule has 39 heavy (non-hydrogen) atoms. The molecule has 0 spiro atoms. The maximum atomic E-state index is 7.32. The first-order valence-electron chi connectivity index (χ1n) is 15.0. The van der Waals surface area contributed by atoms with Crippen LogP contribution in [0, 0.1) is 11.3 Å². The Morgan fingerprint density at radius 3 is 2.31 bits per heavy atom. The molecule has 3 aliphatic heterocycles. The molecular formula is C31H47N7O. The summed E-state index contributed by atoms with van der Waals surface area (Å²) in [5.74, 6) is 1.07. The summed E-state index contributed by atoms with van der Waals surface area (Å²) in [4.78, 5) is 17.0. The van der Waals surface area contributed by atoms with Gasteiger partial charge >= 0.3 is 6.01 Å². The number of aromatic nitrogens is 2. The van der Waals surface area contributed by atoms with Gasteiger partial charge in [-0.25, -0.2) is 0 Å². The average molecular weight is 534 g/mol. The number of rotatable bonds is 4. The van der Waals surface area contributed by atoms with E-state index in [1.807, 2.05) is 13.8 Å². The molecule has 0 radical (unpaired) electrons. The van der Waals surface area contributed by atoms with Gasteiger partial charge in [0.1, 0.15) is 5.82 Å². The summed E-state index contributed by atoms with van der Waals surface area (Å²) >= 11 is 0.